The molecule has 2 aromatic heterocycles. The number of nitrogens with zero attached hydrogens (tertiary/aromatic N) is 4. The zero-order valence-electron chi connectivity index (χ0n) is 33.7. The standard InChI is InChI=1S/C40H61N6O11P/c1-3-4-5-6-7-8-9-10-11-12-13-14-15-19-23-51-24-20-25-52-40(49)30(2)45-58(50,57-55-32-21-17-16-18-22-32)56-53-28-33-35(47)36(48)39(54-33)46-27-31(26-41)34-37(42)43-29-44-38(34)46/h16-18,21-22,27,29-30,33,35-36,39,47-48H,3-15,19-20,23-25,28H2,1-2H3,(H,45,50)(H2,42,43,44)/t30-,33?,35-,36-,39-,58?/m1/s1. The highest BCUT2D eigenvalue weighted by molar-refractivity contribution is 7.51. The summed E-state index contributed by atoms with van der Waals surface area (Å²) in [7, 11) is -4.57. The Morgan fingerprint density at radius 3 is 2.22 bits per heavy atom. The molecule has 18 heteroatoms. The van der Waals surface area contributed by atoms with Gasteiger partial charge in [-0.3, -0.25) is 4.79 Å². The number of carbonyl (C=O) groups excluding carboxylic acids is 1. The number of fused-ring (bicyclic) bond motifs is 1. The van der Waals surface area contributed by atoms with Crippen LogP contribution in [0.4, 0.5) is 5.82 Å². The number of hydrogen-bond donors (Lipinski definition) is 4. The second-order valence-corrected chi connectivity index (χ2v) is 16.0. The molecule has 17 nitrogen and oxygen atoms in total. The van der Waals surface area contributed by atoms with Crippen molar-refractivity contribution < 1.29 is 52.9 Å². The van der Waals surface area contributed by atoms with Gasteiger partial charge in [0.05, 0.1) is 17.6 Å². The first-order chi connectivity index (χ1) is 28.2. The number of unbranched alkanes of at least 4 members (excludes halogenated alkanes) is 13. The maximum Gasteiger partial charge on any atom is 0.469 e. The zero-order valence-corrected chi connectivity index (χ0v) is 34.6. The van der Waals surface area contributed by atoms with Crippen molar-refractivity contribution in [3.05, 3.63) is 48.4 Å². The summed E-state index contributed by atoms with van der Waals surface area (Å²) in [5.74, 6) is -0.502. The molecular formula is C40H61N6O11P. The van der Waals surface area contributed by atoms with Gasteiger partial charge in [0.2, 0.25) is 0 Å². The van der Waals surface area contributed by atoms with Gasteiger partial charge in [0, 0.05) is 25.8 Å². The summed E-state index contributed by atoms with van der Waals surface area (Å²) in [5, 5.41) is 33.9. The first kappa shape index (κ1) is 47.0. The maximum absolute atomic E-state index is 13.7. The number of ether oxygens (including phenoxy) is 3. The van der Waals surface area contributed by atoms with E-state index in [1.165, 1.54) is 113 Å². The highest BCUT2D eigenvalue weighted by atomic mass is 31.2. The topological polar surface area (TPSA) is 232 Å². The number of nitriles is 1. The number of nitrogens with one attached hydrogen (secondary N) is 1. The molecular weight excluding hydrogens is 771 g/mol. The fourth-order valence-corrected chi connectivity index (χ4v) is 7.60. The quantitative estimate of drug-likeness (QED) is 0.0174. The zero-order chi connectivity index (χ0) is 41.6. The Balaban J connectivity index is 1.14. The van der Waals surface area contributed by atoms with E-state index in [1.807, 2.05) is 6.07 Å². The van der Waals surface area contributed by atoms with Crippen LogP contribution < -0.4 is 15.7 Å². The summed E-state index contributed by atoms with van der Waals surface area (Å²) in [6.45, 7) is 4.26. The summed E-state index contributed by atoms with van der Waals surface area (Å²) in [5.41, 5.74) is 6.29. The van der Waals surface area contributed by atoms with Gasteiger partial charge in [-0.2, -0.15) is 5.26 Å². The fraction of sp³-hybridized carbons (Fsp3) is 0.650. The van der Waals surface area contributed by atoms with E-state index in [2.05, 4.69) is 22.0 Å². The number of nitrogens with two attached hydrogens (primary N) is 1. The molecule has 4 rings (SSSR count). The number of carbonyl (C=O) groups is 1. The van der Waals surface area contributed by atoms with Crippen LogP contribution >= 0.6 is 7.75 Å². The minimum Gasteiger partial charge on any atom is -0.464 e. The van der Waals surface area contributed by atoms with Crippen molar-refractivity contribution in [1.29, 1.82) is 5.26 Å². The van der Waals surface area contributed by atoms with Gasteiger partial charge in [-0.05, 0) is 25.5 Å². The molecule has 1 aromatic carbocycles. The number of para-hydroxylation sites is 1. The van der Waals surface area contributed by atoms with Gasteiger partial charge in [0.1, 0.15) is 54.8 Å². The average molecular weight is 833 g/mol. The molecule has 322 valence electrons. The van der Waals surface area contributed by atoms with Gasteiger partial charge >= 0.3 is 13.7 Å². The van der Waals surface area contributed by atoms with Gasteiger partial charge in [-0.1, -0.05) is 113 Å². The van der Waals surface area contributed by atoms with E-state index in [0.717, 1.165) is 12.8 Å². The molecule has 1 aliphatic heterocycles. The molecule has 0 radical (unpaired) electrons. The predicted octanol–water partition coefficient (Wildman–Crippen LogP) is 6.98. The molecule has 0 amide bonds. The molecule has 1 fully saturated rings. The number of aromatic nitrogens is 3. The molecule has 0 saturated carbocycles. The van der Waals surface area contributed by atoms with E-state index in [1.54, 1.807) is 18.2 Å². The van der Waals surface area contributed by atoms with Crippen molar-refractivity contribution in [1.82, 2.24) is 19.6 Å². The van der Waals surface area contributed by atoms with Crippen LogP contribution in [0.2, 0.25) is 0 Å². The third-order valence-electron chi connectivity index (χ3n) is 9.75. The van der Waals surface area contributed by atoms with E-state index < -0.39 is 50.9 Å². The largest absolute Gasteiger partial charge is 0.469 e. The van der Waals surface area contributed by atoms with Crippen LogP contribution in [0.3, 0.4) is 0 Å². The Bertz CT molecular complexity index is 1730. The number of esters is 1. The van der Waals surface area contributed by atoms with E-state index in [9.17, 15) is 24.8 Å². The van der Waals surface area contributed by atoms with Crippen molar-refractivity contribution in [2.75, 3.05) is 32.2 Å². The highest BCUT2D eigenvalue weighted by Crippen LogP contribution is 2.45. The van der Waals surface area contributed by atoms with E-state index in [0.29, 0.717) is 19.6 Å². The average Bonchev–Trinajstić information content (AvgIpc) is 3.74. The van der Waals surface area contributed by atoms with Gasteiger partial charge in [0.15, 0.2) is 12.0 Å². The van der Waals surface area contributed by atoms with Crippen molar-refractivity contribution in [2.45, 2.75) is 141 Å². The molecule has 1 saturated heterocycles. The molecule has 0 bridgehead atoms. The Morgan fingerprint density at radius 1 is 0.931 bits per heavy atom. The Hall–Kier alpha value is -3.69. The van der Waals surface area contributed by atoms with E-state index >= 15 is 0 Å². The number of aliphatic hydroxyl groups excluding tert-OH is 2. The van der Waals surface area contributed by atoms with Crippen molar-refractivity contribution in [2.24, 2.45) is 0 Å². The van der Waals surface area contributed by atoms with Crippen LogP contribution in [0.1, 0.15) is 122 Å². The summed E-state index contributed by atoms with van der Waals surface area (Å²) in [4.78, 5) is 31.2. The second kappa shape index (κ2) is 25.7. The van der Waals surface area contributed by atoms with Gasteiger partial charge < -0.3 is 39.6 Å². The maximum atomic E-state index is 13.7. The summed E-state index contributed by atoms with van der Waals surface area (Å²) < 4.78 is 42.2. The smallest absolute Gasteiger partial charge is 0.464 e. The third-order valence-corrected chi connectivity index (χ3v) is 11.0. The Kier molecular flexibility index (Phi) is 20.8. The molecule has 3 aromatic rings. The molecule has 3 heterocycles. The summed E-state index contributed by atoms with van der Waals surface area (Å²) in [6.07, 6.45) is 15.7. The SMILES string of the molecule is CCCCCCCCCCCCCCCCOCCCOC(=O)[C@@H](C)NP(=O)(OOCC1O[C@@H](n2cc(C#N)c3c(N)ncnc32)[C@H](O)[C@@H]1O)OOc1ccccc1. The van der Waals surface area contributed by atoms with Gasteiger partial charge in [0.25, 0.3) is 0 Å². The fourth-order valence-electron chi connectivity index (χ4n) is 6.52. The minimum atomic E-state index is -4.57. The molecule has 0 spiro atoms. The first-order valence-corrected chi connectivity index (χ1v) is 22.1. The molecule has 5 N–H and O–H groups in total. The van der Waals surface area contributed by atoms with Crippen molar-refractivity contribution in [3.8, 4) is 11.8 Å². The first-order valence-electron chi connectivity index (χ1n) is 20.5. The van der Waals surface area contributed by atoms with Crippen LogP contribution in [0.25, 0.3) is 11.0 Å². The van der Waals surface area contributed by atoms with Crippen LogP contribution in [0.5, 0.6) is 5.75 Å². The lowest BCUT2D eigenvalue weighted by molar-refractivity contribution is -0.258. The van der Waals surface area contributed by atoms with Crippen molar-refractivity contribution >= 4 is 30.6 Å². The summed E-state index contributed by atoms with van der Waals surface area (Å²) >= 11 is 0. The third kappa shape index (κ3) is 15.2. The molecule has 1 aliphatic rings. The molecule has 2 unspecified atom stereocenters. The summed E-state index contributed by atoms with van der Waals surface area (Å²) in [6, 6.07) is 8.93. The van der Waals surface area contributed by atoms with Crippen LogP contribution in [-0.4, -0.2) is 81.5 Å². The van der Waals surface area contributed by atoms with Gasteiger partial charge in [-0.15, -0.1) is 4.67 Å². The normalized spacial score (nSPS) is 19.5. The number of aliphatic hydroxyl groups is 2. The van der Waals surface area contributed by atoms with E-state index in [4.69, 9.17) is 39.1 Å². The Morgan fingerprint density at radius 2 is 1.57 bits per heavy atom. The molecule has 6 atom stereocenters. The molecule has 0 aliphatic carbocycles. The monoisotopic (exact) mass is 832 g/mol. The number of benzene rings is 1. The lowest BCUT2D eigenvalue weighted by Gasteiger charge is -2.21. The number of rotatable bonds is 30. The van der Waals surface area contributed by atoms with E-state index in [-0.39, 0.29) is 34.8 Å². The second-order valence-electron chi connectivity index (χ2n) is 14.5. The number of anilines is 1. The van der Waals surface area contributed by atoms with Crippen LogP contribution in [-0.2, 0) is 37.8 Å². The lowest BCUT2D eigenvalue weighted by atomic mass is 10.0. The van der Waals surface area contributed by atoms with Crippen molar-refractivity contribution in [3.63, 3.8) is 0 Å². The molecule has 58 heavy (non-hydrogen) atoms. The minimum absolute atomic E-state index is 0.0558. The lowest BCUT2D eigenvalue weighted by Crippen LogP contribution is -2.36. The predicted molar refractivity (Wildman–Crippen MR) is 215 cm³/mol. The van der Waals surface area contributed by atoms with Gasteiger partial charge in [-0.25, -0.2) is 24.5 Å². The number of nitrogen functional groups attached to an aromatic ring is 1. The van der Waals surface area contributed by atoms with Crippen LogP contribution in [0.15, 0.2) is 42.9 Å². The Labute approximate surface area is 340 Å². The highest BCUT2D eigenvalue weighted by Gasteiger charge is 2.45. The van der Waals surface area contributed by atoms with Crippen LogP contribution in [0, 0.1) is 11.3 Å². The number of hydrogen-bond acceptors (Lipinski definition) is 15.